The molecule has 9 heteroatoms. The molecule has 1 aliphatic heterocycles. The summed E-state index contributed by atoms with van der Waals surface area (Å²) < 4.78 is 0. The van der Waals surface area contributed by atoms with Crippen molar-refractivity contribution in [3.63, 3.8) is 0 Å². The van der Waals surface area contributed by atoms with Gasteiger partial charge in [0.15, 0.2) is 0 Å². The number of carboxylic acids is 1. The van der Waals surface area contributed by atoms with E-state index in [-0.39, 0.29) is 11.8 Å². The van der Waals surface area contributed by atoms with Gasteiger partial charge in [0.1, 0.15) is 6.04 Å². The van der Waals surface area contributed by atoms with E-state index < -0.39 is 12.0 Å². The van der Waals surface area contributed by atoms with Crippen molar-refractivity contribution in [3.05, 3.63) is 65.9 Å². The number of amides is 2. The van der Waals surface area contributed by atoms with Gasteiger partial charge in [-0.05, 0) is 24.3 Å². The summed E-state index contributed by atoms with van der Waals surface area (Å²) in [4.78, 5) is 45.4. The van der Waals surface area contributed by atoms with E-state index in [4.69, 9.17) is 0 Å². The van der Waals surface area contributed by atoms with Gasteiger partial charge in [-0.15, -0.1) is 0 Å². The zero-order valence-electron chi connectivity index (χ0n) is 19.3. The molecule has 1 aliphatic rings. The molecule has 4 rings (SSSR count). The number of piperazine rings is 1. The quantitative estimate of drug-likeness (QED) is 0.496. The third-order valence-corrected chi connectivity index (χ3v) is 6.17. The minimum absolute atomic E-state index is 0.0371. The van der Waals surface area contributed by atoms with Crippen LogP contribution in [-0.4, -0.2) is 89.4 Å². The van der Waals surface area contributed by atoms with E-state index >= 15 is 0 Å². The molecular weight excluding hydrogens is 434 g/mol. The number of nitrogens with zero attached hydrogens (tertiary/aromatic N) is 3. The van der Waals surface area contributed by atoms with Crippen LogP contribution in [0.2, 0.25) is 0 Å². The highest BCUT2D eigenvalue weighted by molar-refractivity contribution is 6.05. The number of nitrogens with one attached hydrogen (secondary N) is 2. The Labute approximate surface area is 197 Å². The Balaban J connectivity index is 1.48. The normalized spacial score (nSPS) is 15.7. The Morgan fingerprint density at radius 1 is 1.06 bits per heavy atom. The minimum Gasteiger partial charge on any atom is -0.480 e. The van der Waals surface area contributed by atoms with Crippen molar-refractivity contribution in [1.29, 1.82) is 0 Å². The molecule has 0 aliphatic carbocycles. The summed E-state index contributed by atoms with van der Waals surface area (Å²) in [6, 6.07) is 13.6. The summed E-state index contributed by atoms with van der Waals surface area (Å²) in [5.74, 6) is -1.09. The Morgan fingerprint density at radius 3 is 2.41 bits per heavy atom. The number of aromatic amines is 1. The van der Waals surface area contributed by atoms with Gasteiger partial charge in [0, 0.05) is 74.2 Å². The van der Waals surface area contributed by atoms with Crippen LogP contribution >= 0.6 is 0 Å². The fraction of sp³-hybridized carbons (Fsp3) is 0.320. The molecule has 1 fully saturated rings. The summed E-state index contributed by atoms with van der Waals surface area (Å²) in [6.45, 7) is 2.69. The first-order chi connectivity index (χ1) is 16.3. The summed E-state index contributed by atoms with van der Waals surface area (Å²) >= 11 is 0. The fourth-order valence-corrected chi connectivity index (χ4v) is 4.24. The van der Waals surface area contributed by atoms with Gasteiger partial charge < -0.3 is 20.3 Å². The van der Waals surface area contributed by atoms with Crippen LogP contribution in [0.25, 0.3) is 10.9 Å². The summed E-state index contributed by atoms with van der Waals surface area (Å²) in [7, 11) is 3.46. The first kappa shape index (κ1) is 23.5. The Morgan fingerprint density at radius 2 is 1.76 bits per heavy atom. The van der Waals surface area contributed by atoms with Gasteiger partial charge in [-0.25, -0.2) is 0 Å². The third kappa shape index (κ3) is 5.11. The molecule has 3 aromatic rings. The molecule has 178 valence electrons. The second kappa shape index (κ2) is 10.1. The van der Waals surface area contributed by atoms with Crippen molar-refractivity contribution in [1.82, 2.24) is 19.7 Å². The largest absolute Gasteiger partial charge is 0.480 e. The van der Waals surface area contributed by atoms with Crippen molar-refractivity contribution in [2.24, 2.45) is 0 Å². The molecule has 3 N–H and O–H groups in total. The van der Waals surface area contributed by atoms with Crippen LogP contribution in [0.4, 0.5) is 5.69 Å². The van der Waals surface area contributed by atoms with Gasteiger partial charge in [-0.3, -0.25) is 24.2 Å². The number of benzene rings is 2. The lowest BCUT2D eigenvalue weighted by Gasteiger charge is -2.37. The van der Waals surface area contributed by atoms with Crippen LogP contribution in [0.3, 0.4) is 0 Å². The number of carboxylic acid groups (broad SMARTS) is 1. The second-order valence-electron chi connectivity index (χ2n) is 8.67. The molecule has 34 heavy (non-hydrogen) atoms. The van der Waals surface area contributed by atoms with Crippen LogP contribution in [0.1, 0.15) is 22.0 Å². The maximum Gasteiger partial charge on any atom is 0.325 e. The Kier molecular flexibility index (Phi) is 6.95. The zero-order chi connectivity index (χ0) is 24.2. The summed E-state index contributed by atoms with van der Waals surface area (Å²) in [6.07, 6.45) is 1.73. The predicted octanol–water partition coefficient (Wildman–Crippen LogP) is 2.25. The molecule has 1 atom stereocenters. The van der Waals surface area contributed by atoms with Gasteiger partial charge in [0.2, 0.25) is 5.91 Å². The van der Waals surface area contributed by atoms with Crippen LogP contribution < -0.4 is 5.32 Å². The van der Waals surface area contributed by atoms with E-state index in [0.717, 1.165) is 10.9 Å². The fourth-order valence-electron chi connectivity index (χ4n) is 4.24. The number of H-pyrrole nitrogens is 1. The molecular formula is C25H29N5O4. The van der Waals surface area contributed by atoms with Crippen molar-refractivity contribution in [3.8, 4) is 0 Å². The van der Waals surface area contributed by atoms with Gasteiger partial charge in [0.25, 0.3) is 5.91 Å². The number of rotatable bonds is 7. The van der Waals surface area contributed by atoms with E-state index in [1.165, 1.54) is 0 Å². The maximum atomic E-state index is 12.5. The van der Waals surface area contributed by atoms with Crippen LogP contribution in [0, 0.1) is 0 Å². The SMILES string of the molecule is CN(C)C(=O)CN1CCN([C@H](C(=O)O)c2c[nH]c3cc(NC(=O)c4ccccc4)ccc23)CC1. The van der Waals surface area contributed by atoms with Crippen molar-refractivity contribution >= 4 is 34.4 Å². The second-order valence-corrected chi connectivity index (χ2v) is 8.67. The number of anilines is 1. The number of fused-ring (bicyclic) bond motifs is 1. The molecule has 0 bridgehead atoms. The van der Waals surface area contributed by atoms with Crippen molar-refractivity contribution < 1.29 is 19.5 Å². The van der Waals surface area contributed by atoms with Crippen molar-refractivity contribution in [2.45, 2.75) is 6.04 Å². The predicted molar refractivity (Wildman–Crippen MR) is 130 cm³/mol. The Hall–Kier alpha value is -3.69. The average Bonchev–Trinajstić information content (AvgIpc) is 3.23. The highest BCUT2D eigenvalue weighted by Gasteiger charge is 2.32. The zero-order valence-corrected chi connectivity index (χ0v) is 19.3. The molecule has 1 saturated heterocycles. The summed E-state index contributed by atoms with van der Waals surface area (Å²) in [5.41, 5.74) is 2.62. The van der Waals surface area contributed by atoms with Crippen LogP contribution in [0.15, 0.2) is 54.7 Å². The third-order valence-electron chi connectivity index (χ3n) is 6.17. The molecule has 2 heterocycles. The number of hydrogen-bond acceptors (Lipinski definition) is 5. The van der Waals surface area contributed by atoms with Gasteiger partial charge in [0.05, 0.1) is 6.54 Å². The standard InChI is InChI=1S/C25H29N5O4/c1-28(2)22(31)16-29-10-12-30(13-11-29)23(25(33)34)20-15-26-21-14-18(8-9-19(20)21)27-24(32)17-6-4-3-5-7-17/h3-9,14-15,23,26H,10-13,16H2,1-2H3,(H,27,32)(H,33,34)/t23-/m0/s1. The van der Waals surface area contributed by atoms with Crippen LogP contribution in [-0.2, 0) is 9.59 Å². The highest BCUT2D eigenvalue weighted by Crippen LogP contribution is 2.31. The van der Waals surface area contributed by atoms with Gasteiger partial charge in [-0.1, -0.05) is 24.3 Å². The number of aromatic nitrogens is 1. The van der Waals surface area contributed by atoms with Gasteiger partial charge >= 0.3 is 5.97 Å². The lowest BCUT2D eigenvalue weighted by Crippen LogP contribution is -2.51. The lowest BCUT2D eigenvalue weighted by atomic mass is 10.0. The molecule has 2 amide bonds. The molecule has 1 aromatic heterocycles. The molecule has 0 saturated carbocycles. The molecule has 0 unspecified atom stereocenters. The first-order valence-electron chi connectivity index (χ1n) is 11.2. The summed E-state index contributed by atoms with van der Waals surface area (Å²) in [5, 5.41) is 13.7. The number of hydrogen-bond donors (Lipinski definition) is 3. The Bertz CT molecular complexity index is 1180. The number of carbonyl (C=O) groups is 3. The van der Waals surface area contributed by atoms with E-state index in [2.05, 4.69) is 15.2 Å². The lowest BCUT2D eigenvalue weighted by molar-refractivity contribution is -0.145. The molecule has 2 aromatic carbocycles. The van der Waals surface area contributed by atoms with E-state index in [9.17, 15) is 19.5 Å². The number of likely N-dealkylation sites (N-methyl/N-ethyl adjacent to an activating group) is 1. The van der Waals surface area contributed by atoms with Crippen LogP contribution in [0.5, 0.6) is 0 Å². The highest BCUT2D eigenvalue weighted by atomic mass is 16.4. The number of carbonyl (C=O) groups excluding carboxylic acids is 2. The molecule has 0 spiro atoms. The van der Waals surface area contributed by atoms with Gasteiger partial charge in [-0.2, -0.15) is 0 Å². The maximum absolute atomic E-state index is 12.5. The topological polar surface area (TPSA) is 109 Å². The smallest absolute Gasteiger partial charge is 0.325 e. The minimum atomic E-state index is -0.917. The van der Waals surface area contributed by atoms with E-state index in [0.29, 0.717) is 49.5 Å². The monoisotopic (exact) mass is 463 g/mol. The van der Waals surface area contributed by atoms with E-state index in [1.54, 1.807) is 55.5 Å². The molecule has 0 radical (unpaired) electrons. The van der Waals surface area contributed by atoms with E-state index in [1.807, 2.05) is 23.1 Å². The average molecular weight is 464 g/mol. The first-order valence-corrected chi connectivity index (χ1v) is 11.2. The van der Waals surface area contributed by atoms with Crippen molar-refractivity contribution in [2.75, 3.05) is 52.1 Å². The number of aliphatic carboxylic acids is 1. The molecule has 9 nitrogen and oxygen atoms in total.